The summed E-state index contributed by atoms with van der Waals surface area (Å²) in [6, 6.07) is 12.1. The van der Waals surface area contributed by atoms with E-state index in [1.165, 1.54) is 5.39 Å². The third-order valence-electron chi connectivity index (χ3n) is 1.51. The summed E-state index contributed by atoms with van der Waals surface area (Å²) in [7, 11) is 14.7. The summed E-state index contributed by atoms with van der Waals surface area (Å²) in [5.74, 6) is 0. The zero-order chi connectivity index (χ0) is 10.4. The van der Waals surface area contributed by atoms with Crippen molar-refractivity contribution in [1.82, 2.24) is 4.98 Å². The minimum absolute atomic E-state index is 1.06. The smallest absolute Gasteiger partial charge is 0.0701 e. The van der Waals surface area contributed by atoms with Crippen molar-refractivity contribution in [2.75, 3.05) is 0 Å². The van der Waals surface area contributed by atoms with Crippen LogP contribution in [-0.4, -0.2) is 4.98 Å². The van der Waals surface area contributed by atoms with E-state index in [0.717, 1.165) is 5.52 Å². The van der Waals surface area contributed by atoms with Crippen molar-refractivity contribution >= 4 is 41.2 Å². The second kappa shape index (κ2) is 6.49. The van der Waals surface area contributed by atoms with Gasteiger partial charge in [0.05, 0.1) is 5.52 Å². The molecule has 0 atom stereocenters. The van der Waals surface area contributed by atoms with E-state index in [4.69, 9.17) is 30.3 Å². The van der Waals surface area contributed by atoms with Gasteiger partial charge in [0, 0.05) is 11.6 Å². The van der Waals surface area contributed by atoms with Gasteiger partial charge in [-0.15, -0.1) is 0 Å². The summed E-state index contributed by atoms with van der Waals surface area (Å²) < 4.78 is 0. The fourth-order valence-electron chi connectivity index (χ4n) is 1.02. The molecule has 0 saturated heterocycles. The molecular weight excluding hydrogens is 284 g/mol. The monoisotopic (exact) mass is 290 g/mol. The fourth-order valence-corrected chi connectivity index (χ4v) is 1.02. The second-order valence-corrected chi connectivity index (χ2v) is 7.82. The summed E-state index contributed by atoms with van der Waals surface area (Å²) in [5.41, 5.74) is 1.06. The Morgan fingerprint density at radius 2 is 1.50 bits per heavy atom. The summed E-state index contributed by atoms with van der Waals surface area (Å²) in [6.45, 7) is 0. The van der Waals surface area contributed by atoms with Crippen molar-refractivity contribution in [1.29, 1.82) is 0 Å². The molecule has 0 radical (unpaired) electrons. The zero-order valence-electron chi connectivity index (χ0n) is 6.98. The molecular formula is C9H7Cl3FeN. The van der Waals surface area contributed by atoms with Gasteiger partial charge >= 0.3 is 41.5 Å². The molecule has 0 bridgehead atoms. The van der Waals surface area contributed by atoms with E-state index >= 15 is 0 Å². The Labute approximate surface area is 99.6 Å². The second-order valence-electron chi connectivity index (χ2n) is 2.35. The number of para-hydroxylation sites is 1. The number of benzene rings is 1. The first-order chi connectivity index (χ1) is 6.70. The molecule has 0 spiro atoms. The van der Waals surface area contributed by atoms with Gasteiger partial charge in [0.25, 0.3) is 0 Å². The van der Waals surface area contributed by atoms with Crippen molar-refractivity contribution in [3.05, 3.63) is 42.6 Å². The molecule has 77 valence electrons. The Bertz CT molecular complexity index is 326. The first-order valence-corrected chi connectivity index (χ1v) is 8.22. The number of halogens is 3. The molecule has 2 aromatic rings. The average Bonchev–Trinajstić information content (AvgIpc) is 2.17. The zero-order valence-corrected chi connectivity index (χ0v) is 10.3. The van der Waals surface area contributed by atoms with Crippen molar-refractivity contribution in [3.8, 4) is 0 Å². The third-order valence-corrected chi connectivity index (χ3v) is 1.51. The molecule has 1 aromatic heterocycles. The molecule has 0 saturated carbocycles. The van der Waals surface area contributed by atoms with Gasteiger partial charge in [-0.25, -0.2) is 0 Å². The molecule has 0 N–H and O–H groups in total. The van der Waals surface area contributed by atoms with E-state index in [-0.39, 0.29) is 0 Å². The number of hydrogen-bond donors (Lipinski definition) is 0. The standard InChI is InChI=1S/C9H7N.3ClH.Fe/c1-2-6-9-8(4-1)5-3-7-10-9;;;;/h1-7H;3*1H;/q;;;;+3/p-3. The Morgan fingerprint density at radius 3 is 2.14 bits per heavy atom. The number of nitrogens with zero attached hydrogens (tertiary/aromatic N) is 1. The molecule has 1 aromatic carbocycles. The Balaban J connectivity index is 0.000000213. The van der Waals surface area contributed by atoms with E-state index in [1.54, 1.807) is 0 Å². The van der Waals surface area contributed by atoms with Crippen LogP contribution in [0.3, 0.4) is 0 Å². The van der Waals surface area contributed by atoms with Crippen molar-refractivity contribution in [2.24, 2.45) is 0 Å². The summed E-state index contributed by atoms with van der Waals surface area (Å²) >= 11 is -1.33. The topological polar surface area (TPSA) is 12.9 Å². The van der Waals surface area contributed by atoms with Gasteiger partial charge < -0.3 is 0 Å². The van der Waals surface area contributed by atoms with Crippen molar-refractivity contribution in [3.63, 3.8) is 0 Å². The van der Waals surface area contributed by atoms with Crippen molar-refractivity contribution in [2.45, 2.75) is 0 Å². The van der Waals surface area contributed by atoms with Gasteiger partial charge in [-0.1, -0.05) is 24.3 Å². The van der Waals surface area contributed by atoms with Crippen LogP contribution < -0.4 is 0 Å². The number of aromatic nitrogens is 1. The minimum atomic E-state index is -1.33. The van der Waals surface area contributed by atoms with Gasteiger partial charge in [0.1, 0.15) is 0 Å². The first-order valence-electron chi connectivity index (χ1n) is 3.67. The Morgan fingerprint density at radius 1 is 0.929 bits per heavy atom. The molecule has 0 unspecified atom stereocenters. The molecule has 1 nitrogen and oxygen atoms in total. The summed E-state index contributed by atoms with van der Waals surface area (Å²) in [4.78, 5) is 4.18. The van der Waals surface area contributed by atoms with E-state index in [0.29, 0.717) is 0 Å². The van der Waals surface area contributed by atoms with Crippen LogP contribution in [0.5, 0.6) is 0 Å². The van der Waals surface area contributed by atoms with Crippen LogP contribution >= 0.6 is 30.3 Å². The normalized spacial score (nSPS) is 10.4. The van der Waals surface area contributed by atoms with Gasteiger partial charge in [-0.2, -0.15) is 0 Å². The summed E-state index contributed by atoms with van der Waals surface area (Å²) in [6.07, 6.45) is 1.81. The molecule has 0 fully saturated rings. The van der Waals surface area contributed by atoms with Crippen LogP contribution in [0.4, 0.5) is 0 Å². The minimum Gasteiger partial charge on any atom is -0.256 e. The SMILES string of the molecule is [Cl][Fe]([Cl])[Cl].c1ccc2ncccc2c1. The van der Waals surface area contributed by atoms with Crippen LogP contribution in [0.1, 0.15) is 0 Å². The predicted molar refractivity (Wildman–Crippen MR) is 59.3 cm³/mol. The van der Waals surface area contributed by atoms with Gasteiger partial charge in [0.15, 0.2) is 0 Å². The largest absolute Gasteiger partial charge is 0.256 e. The molecule has 14 heavy (non-hydrogen) atoms. The third kappa shape index (κ3) is 4.49. The Hall–Kier alpha value is 0.0195. The van der Waals surface area contributed by atoms with Crippen LogP contribution in [0.2, 0.25) is 0 Å². The number of pyridine rings is 1. The van der Waals surface area contributed by atoms with E-state index in [2.05, 4.69) is 17.1 Å². The van der Waals surface area contributed by atoms with E-state index < -0.39 is 11.2 Å². The fraction of sp³-hybridized carbons (Fsp3) is 0. The molecule has 2 rings (SSSR count). The molecule has 5 heteroatoms. The maximum absolute atomic E-state index is 4.89. The van der Waals surface area contributed by atoms with Crippen LogP contribution in [0.15, 0.2) is 42.6 Å². The molecule has 0 aliphatic heterocycles. The summed E-state index contributed by atoms with van der Waals surface area (Å²) in [5, 5.41) is 1.20. The van der Waals surface area contributed by atoms with Crippen LogP contribution in [0.25, 0.3) is 10.9 Å². The van der Waals surface area contributed by atoms with Gasteiger partial charge in [0.2, 0.25) is 0 Å². The van der Waals surface area contributed by atoms with Crippen LogP contribution in [-0.2, 0) is 11.2 Å². The Kier molecular flexibility index (Phi) is 5.61. The van der Waals surface area contributed by atoms with Gasteiger partial charge in [-0.05, 0) is 12.1 Å². The number of hydrogen-bond acceptors (Lipinski definition) is 1. The maximum Gasteiger partial charge on any atom is 0.0701 e. The predicted octanol–water partition coefficient (Wildman–Crippen LogP) is 4.30. The quantitative estimate of drug-likeness (QED) is 0.659. The number of fused-ring (bicyclic) bond motifs is 1. The maximum atomic E-state index is 4.89. The molecule has 1 heterocycles. The first kappa shape index (κ1) is 12.1. The number of rotatable bonds is 0. The van der Waals surface area contributed by atoms with E-state index in [9.17, 15) is 0 Å². The van der Waals surface area contributed by atoms with Gasteiger partial charge in [-0.3, -0.25) is 4.98 Å². The van der Waals surface area contributed by atoms with Crippen LogP contribution in [0, 0.1) is 0 Å². The molecule has 0 aliphatic rings. The average molecular weight is 291 g/mol. The molecule has 0 aliphatic carbocycles. The molecule has 0 amide bonds. The van der Waals surface area contributed by atoms with Crippen molar-refractivity contribution < 1.29 is 11.2 Å². The van der Waals surface area contributed by atoms with E-state index in [1.807, 2.05) is 30.5 Å².